The molecule has 3 rings (SSSR count). The first-order valence-electron chi connectivity index (χ1n) is 9.25. The van der Waals surface area contributed by atoms with Crippen LogP contribution in [0.15, 0.2) is 41.5 Å². The number of nitrogens with one attached hydrogen (secondary N) is 1. The molecule has 1 aliphatic heterocycles. The molecule has 0 atom stereocenters. The molecule has 1 heterocycles. The summed E-state index contributed by atoms with van der Waals surface area (Å²) in [5, 5.41) is 5.36. The lowest BCUT2D eigenvalue weighted by atomic mass is 9.88. The first-order chi connectivity index (χ1) is 14.1. The van der Waals surface area contributed by atoms with Crippen LogP contribution in [0.4, 0.5) is 5.69 Å². The van der Waals surface area contributed by atoms with Crippen LogP contribution in [0.5, 0.6) is 5.75 Å². The molecule has 8 heteroatoms. The second-order valence-electron chi connectivity index (χ2n) is 7.59. The van der Waals surface area contributed by atoms with E-state index in [-0.39, 0.29) is 12.1 Å². The Balaban J connectivity index is 1.67. The largest absolute Gasteiger partial charge is 0.482 e. The zero-order valence-corrected chi connectivity index (χ0v) is 19.4. The van der Waals surface area contributed by atoms with Gasteiger partial charge in [0.25, 0.3) is 5.91 Å². The lowest BCUT2D eigenvalue weighted by Crippen LogP contribution is -2.42. The van der Waals surface area contributed by atoms with Crippen LogP contribution in [0.2, 0.25) is 15.1 Å². The van der Waals surface area contributed by atoms with Crippen molar-refractivity contribution in [3.8, 4) is 5.75 Å². The summed E-state index contributed by atoms with van der Waals surface area (Å²) in [5.41, 5.74) is 6.33. The third kappa shape index (κ3) is 4.91. The average Bonchev–Trinajstić information content (AvgIpc) is 2.66. The highest BCUT2D eigenvalue weighted by Crippen LogP contribution is 2.40. The maximum absolute atomic E-state index is 12.0. The van der Waals surface area contributed by atoms with Crippen LogP contribution in [-0.2, 0) is 4.79 Å². The normalized spacial score (nSPS) is 15.0. The van der Waals surface area contributed by atoms with Crippen molar-refractivity contribution in [1.29, 1.82) is 0 Å². The third-order valence-electron chi connectivity index (χ3n) is 4.98. The predicted molar refractivity (Wildman–Crippen MR) is 125 cm³/mol. The van der Waals surface area contributed by atoms with E-state index in [4.69, 9.17) is 39.5 Å². The topological polar surface area (TPSA) is 53.9 Å². The van der Waals surface area contributed by atoms with E-state index in [1.807, 2.05) is 19.2 Å². The summed E-state index contributed by atoms with van der Waals surface area (Å²) in [7, 11) is 2.04. The van der Waals surface area contributed by atoms with Crippen LogP contribution in [0.1, 0.15) is 31.9 Å². The molecule has 0 saturated carbocycles. The van der Waals surface area contributed by atoms with Gasteiger partial charge in [0.15, 0.2) is 6.61 Å². The quantitative estimate of drug-likeness (QED) is 0.447. The monoisotopic (exact) mass is 465 g/mol. The van der Waals surface area contributed by atoms with Crippen LogP contribution < -0.4 is 15.1 Å². The standard InChI is InChI=1S/C22H22Cl3N3O2/c1-13-10-22(2,3)28(4)19-9-17(24)14(7-16(13)19)11-26-27-21(29)12-30-20-6-5-15(23)8-18(20)25/h5-11H,12H2,1-4H3,(H,27,29)/b26-11+. The molecule has 0 unspecified atom stereocenters. The van der Waals surface area contributed by atoms with Crippen molar-refractivity contribution in [1.82, 2.24) is 5.43 Å². The van der Waals surface area contributed by atoms with E-state index in [0.717, 1.165) is 16.8 Å². The number of benzene rings is 2. The maximum Gasteiger partial charge on any atom is 0.277 e. The van der Waals surface area contributed by atoms with Gasteiger partial charge >= 0.3 is 0 Å². The van der Waals surface area contributed by atoms with Gasteiger partial charge in [-0.05, 0) is 56.7 Å². The molecule has 30 heavy (non-hydrogen) atoms. The highest BCUT2D eigenvalue weighted by molar-refractivity contribution is 6.35. The smallest absolute Gasteiger partial charge is 0.277 e. The Bertz CT molecular complexity index is 1050. The minimum atomic E-state index is -0.427. The summed E-state index contributed by atoms with van der Waals surface area (Å²) in [6.45, 7) is 6.14. The van der Waals surface area contributed by atoms with Crippen molar-refractivity contribution in [3.63, 3.8) is 0 Å². The summed E-state index contributed by atoms with van der Waals surface area (Å²) in [5.74, 6) is -0.0591. The summed E-state index contributed by atoms with van der Waals surface area (Å²) in [4.78, 5) is 14.2. The fourth-order valence-electron chi connectivity index (χ4n) is 3.23. The number of likely N-dealkylation sites (N-methyl/N-ethyl adjacent to an activating group) is 1. The van der Waals surface area contributed by atoms with Crippen molar-refractivity contribution in [3.05, 3.63) is 62.6 Å². The van der Waals surface area contributed by atoms with Gasteiger partial charge in [0, 0.05) is 28.9 Å². The molecule has 0 aromatic heterocycles. The summed E-state index contributed by atoms with van der Waals surface area (Å²) in [6, 6.07) is 8.66. The molecule has 0 aliphatic carbocycles. The van der Waals surface area contributed by atoms with Crippen molar-refractivity contribution < 1.29 is 9.53 Å². The molecule has 5 nitrogen and oxygen atoms in total. The number of hydrazone groups is 1. The van der Waals surface area contributed by atoms with Gasteiger partial charge in [-0.2, -0.15) is 5.10 Å². The molecule has 1 amide bonds. The SMILES string of the molecule is CC1=CC(C)(C)N(C)c2cc(Cl)c(/C=N/NC(=O)COc3ccc(Cl)cc3Cl)cc21. The number of halogens is 3. The van der Waals surface area contributed by atoms with E-state index < -0.39 is 5.91 Å². The highest BCUT2D eigenvalue weighted by atomic mass is 35.5. The van der Waals surface area contributed by atoms with Crippen molar-refractivity contribution >= 4 is 58.2 Å². The number of allylic oxidation sites excluding steroid dienone is 1. The zero-order valence-electron chi connectivity index (χ0n) is 17.1. The van der Waals surface area contributed by atoms with Crippen molar-refractivity contribution in [2.75, 3.05) is 18.6 Å². The lowest BCUT2D eigenvalue weighted by Gasteiger charge is -2.40. The van der Waals surface area contributed by atoms with Gasteiger partial charge in [0.1, 0.15) is 5.75 Å². The van der Waals surface area contributed by atoms with Crippen LogP contribution >= 0.6 is 34.8 Å². The maximum atomic E-state index is 12.0. The first-order valence-corrected chi connectivity index (χ1v) is 10.4. The van der Waals surface area contributed by atoms with Gasteiger partial charge in [-0.1, -0.05) is 40.9 Å². The number of fused-ring (bicyclic) bond motifs is 1. The Morgan fingerprint density at radius 1 is 1.20 bits per heavy atom. The number of hydrogen-bond donors (Lipinski definition) is 1. The van der Waals surface area contributed by atoms with Gasteiger partial charge < -0.3 is 9.64 Å². The lowest BCUT2D eigenvalue weighted by molar-refractivity contribution is -0.123. The summed E-state index contributed by atoms with van der Waals surface area (Å²) >= 11 is 18.3. The van der Waals surface area contributed by atoms with Crippen LogP contribution in [0.3, 0.4) is 0 Å². The fraction of sp³-hybridized carbons (Fsp3) is 0.273. The minimum absolute atomic E-state index is 0.100. The van der Waals surface area contributed by atoms with Gasteiger partial charge in [-0.25, -0.2) is 5.43 Å². The fourth-order valence-corrected chi connectivity index (χ4v) is 3.90. The Morgan fingerprint density at radius 3 is 2.63 bits per heavy atom. The van der Waals surface area contributed by atoms with Crippen LogP contribution in [-0.4, -0.2) is 31.3 Å². The minimum Gasteiger partial charge on any atom is -0.482 e. The van der Waals surface area contributed by atoms with E-state index in [0.29, 0.717) is 26.4 Å². The molecule has 1 N–H and O–H groups in total. The highest BCUT2D eigenvalue weighted by Gasteiger charge is 2.29. The third-order valence-corrected chi connectivity index (χ3v) is 5.84. The van der Waals surface area contributed by atoms with E-state index in [1.54, 1.807) is 18.2 Å². The first kappa shape index (κ1) is 22.5. The zero-order chi connectivity index (χ0) is 22.1. The number of amides is 1. The second-order valence-corrected chi connectivity index (χ2v) is 8.84. The molecule has 2 aromatic rings. The number of rotatable bonds is 5. The van der Waals surface area contributed by atoms with E-state index in [1.165, 1.54) is 6.21 Å². The number of hydrogen-bond acceptors (Lipinski definition) is 4. The van der Waals surface area contributed by atoms with E-state index in [2.05, 4.69) is 42.3 Å². The molecule has 2 aromatic carbocycles. The Kier molecular flexibility index (Phi) is 6.65. The molecule has 0 spiro atoms. The molecule has 0 fully saturated rings. The van der Waals surface area contributed by atoms with Crippen LogP contribution in [0.25, 0.3) is 5.57 Å². The second kappa shape index (κ2) is 8.88. The molecule has 158 valence electrons. The number of carbonyl (C=O) groups excluding carboxylic acids is 1. The number of anilines is 1. The summed E-state index contributed by atoms with van der Waals surface area (Å²) in [6.07, 6.45) is 3.73. The van der Waals surface area contributed by atoms with Gasteiger partial charge in [-0.15, -0.1) is 0 Å². The van der Waals surface area contributed by atoms with Crippen molar-refractivity contribution in [2.24, 2.45) is 5.10 Å². The van der Waals surface area contributed by atoms with Crippen molar-refractivity contribution in [2.45, 2.75) is 26.3 Å². The number of nitrogens with zero attached hydrogens (tertiary/aromatic N) is 2. The van der Waals surface area contributed by atoms with E-state index >= 15 is 0 Å². The number of ether oxygens (including phenoxy) is 1. The molecule has 0 radical (unpaired) electrons. The Labute approximate surface area is 191 Å². The Morgan fingerprint density at radius 2 is 1.93 bits per heavy atom. The molecule has 0 saturated heterocycles. The molecule has 1 aliphatic rings. The summed E-state index contributed by atoms with van der Waals surface area (Å²) < 4.78 is 5.38. The van der Waals surface area contributed by atoms with Crippen LogP contribution in [0, 0.1) is 0 Å². The average molecular weight is 467 g/mol. The van der Waals surface area contributed by atoms with Gasteiger partial charge in [0.2, 0.25) is 0 Å². The van der Waals surface area contributed by atoms with E-state index in [9.17, 15) is 4.79 Å². The predicted octanol–water partition coefficient (Wildman–Crippen LogP) is 5.81. The molecular formula is C22H22Cl3N3O2. The Hall–Kier alpha value is -2.21. The van der Waals surface area contributed by atoms with Gasteiger partial charge in [-0.3, -0.25) is 4.79 Å². The number of carbonyl (C=O) groups is 1. The van der Waals surface area contributed by atoms with Gasteiger partial charge in [0.05, 0.1) is 21.8 Å². The molecule has 0 bridgehead atoms. The molecular weight excluding hydrogens is 445 g/mol.